The molecule has 4 aromatic rings. The molecule has 0 saturated heterocycles. The molecule has 2 aromatic carbocycles. The standard InChI is InChI=1S/C24H21N3O4S/c1-4-31-24(30)20-18-13-32-22(25-21(28)16-8-6-5-7-9-16)19(18)23(29)27(26-20)17-11-10-14(2)15(3)12-17/h5-13H,4H2,1-3H3,(H,25,28). The predicted octanol–water partition coefficient (Wildman–Crippen LogP) is 4.49. The van der Waals surface area contributed by atoms with E-state index < -0.39 is 11.5 Å². The molecule has 0 spiro atoms. The summed E-state index contributed by atoms with van der Waals surface area (Å²) in [4.78, 5) is 38.8. The zero-order valence-corrected chi connectivity index (χ0v) is 18.7. The van der Waals surface area contributed by atoms with E-state index >= 15 is 0 Å². The number of carbonyl (C=O) groups excluding carboxylic acids is 2. The van der Waals surface area contributed by atoms with E-state index in [4.69, 9.17) is 4.74 Å². The van der Waals surface area contributed by atoms with Crippen molar-refractivity contribution in [3.05, 3.63) is 86.6 Å². The van der Waals surface area contributed by atoms with E-state index in [-0.39, 0.29) is 23.6 Å². The second kappa shape index (κ2) is 8.76. The number of amides is 1. The Labute approximate surface area is 188 Å². The van der Waals surface area contributed by atoms with Gasteiger partial charge in [0.2, 0.25) is 0 Å². The van der Waals surface area contributed by atoms with Gasteiger partial charge in [-0.15, -0.1) is 11.3 Å². The summed E-state index contributed by atoms with van der Waals surface area (Å²) in [6.07, 6.45) is 0. The van der Waals surface area contributed by atoms with Gasteiger partial charge in [-0.25, -0.2) is 4.79 Å². The number of aromatic nitrogens is 2. The van der Waals surface area contributed by atoms with Crippen LogP contribution in [0.15, 0.2) is 58.7 Å². The van der Waals surface area contributed by atoms with Gasteiger partial charge in [-0.05, 0) is 56.2 Å². The molecule has 0 unspecified atom stereocenters. The number of benzene rings is 2. The first-order chi connectivity index (χ1) is 15.4. The molecule has 0 saturated carbocycles. The lowest BCUT2D eigenvalue weighted by atomic mass is 10.1. The number of rotatable bonds is 5. The van der Waals surface area contributed by atoms with Crippen LogP contribution in [0.3, 0.4) is 0 Å². The van der Waals surface area contributed by atoms with Gasteiger partial charge in [0, 0.05) is 16.3 Å². The number of fused-ring (bicyclic) bond motifs is 1. The van der Waals surface area contributed by atoms with E-state index in [9.17, 15) is 14.4 Å². The van der Waals surface area contributed by atoms with Gasteiger partial charge in [-0.3, -0.25) is 9.59 Å². The van der Waals surface area contributed by atoms with Crippen LogP contribution in [0.1, 0.15) is 38.9 Å². The SMILES string of the molecule is CCOC(=O)c1nn(-c2ccc(C)c(C)c2)c(=O)c2c(NC(=O)c3ccccc3)scc12. The number of thiophene rings is 1. The second-order valence-corrected chi connectivity index (χ2v) is 8.11. The highest BCUT2D eigenvalue weighted by Crippen LogP contribution is 2.31. The first-order valence-corrected chi connectivity index (χ1v) is 10.9. The van der Waals surface area contributed by atoms with E-state index in [1.54, 1.807) is 42.6 Å². The summed E-state index contributed by atoms with van der Waals surface area (Å²) in [5.41, 5.74) is 2.63. The fourth-order valence-corrected chi connectivity index (χ4v) is 4.22. The average Bonchev–Trinajstić information content (AvgIpc) is 3.21. The number of hydrogen-bond donors (Lipinski definition) is 1. The minimum absolute atomic E-state index is 0.0242. The van der Waals surface area contributed by atoms with E-state index in [1.165, 1.54) is 16.0 Å². The highest BCUT2D eigenvalue weighted by Gasteiger charge is 2.23. The van der Waals surface area contributed by atoms with Gasteiger partial charge in [0.05, 0.1) is 17.7 Å². The van der Waals surface area contributed by atoms with Crippen molar-refractivity contribution in [1.29, 1.82) is 0 Å². The van der Waals surface area contributed by atoms with Crippen LogP contribution < -0.4 is 10.9 Å². The van der Waals surface area contributed by atoms with Crippen LogP contribution in [0.4, 0.5) is 5.00 Å². The monoisotopic (exact) mass is 447 g/mol. The van der Waals surface area contributed by atoms with Crippen molar-refractivity contribution in [2.24, 2.45) is 0 Å². The quantitative estimate of drug-likeness (QED) is 0.455. The zero-order valence-electron chi connectivity index (χ0n) is 17.8. The van der Waals surface area contributed by atoms with Crippen molar-refractivity contribution >= 4 is 39.0 Å². The van der Waals surface area contributed by atoms with E-state index in [0.717, 1.165) is 11.1 Å². The molecule has 1 N–H and O–H groups in total. The van der Waals surface area contributed by atoms with Crippen molar-refractivity contribution in [2.45, 2.75) is 20.8 Å². The Kier molecular flexibility index (Phi) is 5.87. The number of carbonyl (C=O) groups is 2. The Hall–Kier alpha value is -3.78. The van der Waals surface area contributed by atoms with E-state index in [0.29, 0.717) is 21.6 Å². The summed E-state index contributed by atoms with van der Waals surface area (Å²) in [6, 6.07) is 14.2. The normalized spacial score (nSPS) is 10.8. The topological polar surface area (TPSA) is 90.3 Å². The van der Waals surface area contributed by atoms with Gasteiger partial charge in [0.1, 0.15) is 5.00 Å². The molecule has 2 heterocycles. The first-order valence-electron chi connectivity index (χ1n) is 10.1. The molecule has 0 aliphatic carbocycles. The summed E-state index contributed by atoms with van der Waals surface area (Å²) in [5, 5.41) is 9.70. The Balaban J connectivity index is 1.91. The van der Waals surface area contributed by atoms with E-state index in [1.807, 2.05) is 32.0 Å². The molecule has 4 rings (SSSR count). The molecule has 0 radical (unpaired) electrons. The third kappa shape index (κ3) is 3.92. The largest absolute Gasteiger partial charge is 0.461 e. The van der Waals surface area contributed by atoms with Crippen LogP contribution in [-0.2, 0) is 4.74 Å². The molecule has 0 bridgehead atoms. The van der Waals surface area contributed by atoms with Gasteiger partial charge >= 0.3 is 5.97 Å². The zero-order chi connectivity index (χ0) is 22.8. The molecular weight excluding hydrogens is 426 g/mol. The number of esters is 1. The second-order valence-electron chi connectivity index (χ2n) is 7.23. The summed E-state index contributed by atoms with van der Waals surface area (Å²) < 4.78 is 6.36. The molecule has 0 aliphatic heterocycles. The highest BCUT2D eigenvalue weighted by atomic mass is 32.1. The molecule has 8 heteroatoms. The maximum atomic E-state index is 13.5. The Bertz CT molecular complexity index is 1390. The fraction of sp³-hybridized carbons (Fsp3) is 0.167. The number of aryl methyl sites for hydroxylation is 2. The average molecular weight is 448 g/mol. The van der Waals surface area contributed by atoms with Gasteiger partial charge in [0.25, 0.3) is 11.5 Å². The fourth-order valence-electron chi connectivity index (χ4n) is 3.29. The van der Waals surface area contributed by atoms with Crippen LogP contribution in [0.2, 0.25) is 0 Å². The molecule has 0 atom stereocenters. The summed E-state index contributed by atoms with van der Waals surface area (Å²) in [5.74, 6) is -0.977. The molecule has 0 fully saturated rings. The first kappa shape index (κ1) is 21.5. The Morgan fingerprint density at radius 1 is 1.09 bits per heavy atom. The van der Waals surface area contributed by atoms with Gasteiger partial charge in [-0.2, -0.15) is 9.78 Å². The highest BCUT2D eigenvalue weighted by molar-refractivity contribution is 7.16. The molecule has 162 valence electrons. The third-order valence-corrected chi connectivity index (χ3v) is 6.01. The van der Waals surface area contributed by atoms with Crippen molar-refractivity contribution in [3.63, 3.8) is 0 Å². The minimum atomic E-state index is -0.631. The van der Waals surface area contributed by atoms with Crippen LogP contribution in [0.5, 0.6) is 0 Å². The molecule has 7 nitrogen and oxygen atoms in total. The number of hydrogen-bond acceptors (Lipinski definition) is 6. The lowest BCUT2D eigenvalue weighted by Gasteiger charge is -2.11. The number of anilines is 1. The predicted molar refractivity (Wildman–Crippen MR) is 125 cm³/mol. The molecule has 0 aliphatic rings. The lowest BCUT2D eigenvalue weighted by molar-refractivity contribution is 0.0520. The van der Waals surface area contributed by atoms with Crippen LogP contribution in [-0.4, -0.2) is 28.3 Å². The smallest absolute Gasteiger partial charge is 0.359 e. The minimum Gasteiger partial charge on any atom is -0.461 e. The maximum absolute atomic E-state index is 13.5. The number of ether oxygens (including phenoxy) is 1. The number of nitrogens with one attached hydrogen (secondary N) is 1. The van der Waals surface area contributed by atoms with E-state index in [2.05, 4.69) is 10.4 Å². The lowest BCUT2D eigenvalue weighted by Crippen LogP contribution is -2.25. The number of nitrogens with zero attached hydrogens (tertiary/aromatic N) is 2. The van der Waals surface area contributed by atoms with Crippen molar-refractivity contribution in [2.75, 3.05) is 11.9 Å². The summed E-state index contributed by atoms with van der Waals surface area (Å²) >= 11 is 1.17. The van der Waals surface area contributed by atoms with Crippen molar-refractivity contribution < 1.29 is 14.3 Å². The summed E-state index contributed by atoms with van der Waals surface area (Å²) in [6.45, 7) is 5.78. The van der Waals surface area contributed by atoms with Crippen LogP contribution in [0.25, 0.3) is 16.5 Å². The molecule has 32 heavy (non-hydrogen) atoms. The molecule has 2 aromatic heterocycles. The van der Waals surface area contributed by atoms with Gasteiger partial charge < -0.3 is 10.1 Å². The van der Waals surface area contributed by atoms with Gasteiger partial charge in [0.15, 0.2) is 5.69 Å². The molecule has 1 amide bonds. The van der Waals surface area contributed by atoms with Gasteiger partial charge in [-0.1, -0.05) is 24.3 Å². The van der Waals surface area contributed by atoms with Crippen LogP contribution in [0, 0.1) is 13.8 Å². The maximum Gasteiger partial charge on any atom is 0.359 e. The third-order valence-electron chi connectivity index (χ3n) is 5.12. The Morgan fingerprint density at radius 2 is 1.84 bits per heavy atom. The van der Waals surface area contributed by atoms with Crippen molar-refractivity contribution in [3.8, 4) is 5.69 Å². The molecular formula is C24H21N3O4S. The Morgan fingerprint density at radius 3 is 2.53 bits per heavy atom. The van der Waals surface area contributed by atoms with Crippen molar-refractivity contribution in [1.82, 2.24) is 9.78 Å². The summed E-state index contributed by atoms with van der Waals surface area (Å²) in [7, 11) is 0. The van der Waals surface area contributed by atoms with Crippen LogP contribution >= 0.6 is 11.3 Å².